The van der Waals surface area contributed by atoms with Gasteiger partial charge in [0, 0.05) is 25.2 Å². The molecule has 1 aliphatic heterocycles. The minimum Gasteiger partial charge on any atom is -0.495 e. The summed E-state index contributed by atoms with van der Waals surface area (Å²) in [6, 6.07) is 12.8. The molecule has 0 spiro atoms. The fraction of sp³-hybridized carbons (Fsp3) is 0.300. The molecular weight excluding hydrogens is 368 g/mol. The molecule has 1 aliphatic rings. The standard InChI is InChI=1S/C20H21ClN2O4/c1-26-18-7-6-14(10-16(18)21)11-19(24)22-8-9-23-12-15-4-2-3-5-17(15)27-13-20(23)25/h2-7,10H,8-9,11-13H2,1H3,(H,22,24). The number of fused-ring (bicyclic) bond motifs is 1. The van der Waals surface area contributed by atoms with E-state index < -0.39 is 0 Å². The summed E-state index contributed by atoms with van der Waals surface area (Å²) in [6.45, 7) is 1.27. The van der Waals surface area contributed by atoms with E-state index in [1.165, 1.54) is 0 Å². The monoisotopic (exact) mass is 388 g/mol. The lowest BCUT2D eigenvalue weighted by molar-refractivity contribution is -0.133. The van der Waals surface area contributed by atoms with Gasteiger partial charge in [0.25, 0.3) is 5.91 Å². The first-order valence-electron chi connectivity index (χ1n) is 8.64. The Balaban J connectivity index is 1.51. The van der Waals surface area contributed by atoms with Crippen molar-refractivity contribution in [3.05, 3.63) is 58.6 Å². The predicted octanol–water partition coefficient (Wildman–Crippen LogP) is 2.43. The van der Waals surface area contributed by atoms with Gasteiger partial charge in [-0.15, -0.1) is 0 Å². The Morgan fingerprint density at radius 3 is 2.89 bits per heavy atom. The summed E-state index contributed by atoms with van der Waals surface area (Å²) in [5, 5.41) is 3.31. The number of benzene rings is 2. The smallest absolute Gasteiger partial charge is 0.260 e. The maximum atomic E-state index is 12.2. The molecule has 0 aromatic heterocycles. The van der Waals surface area contributed by atoms with Crippen molar-refractivity contribution in [2.75, 3.05) is 26.8 Å². The Kier molecular flexibility index (Phi) is 6.19. The zero-order valence-corrected chi connectivity index (χ0v) is 15.8. The van der Waals surface area contributed by atoms with Gasteiger partial charge in [-0.3, -0.25) is 9.59 Å². The van der Waals surface area contributed by atoms with Crippen LogP contribution >= 0.6 is 11.6 Å². The van der Waals surface area contributed by atoms with Crippen LogP contribution in [-0.2, 0) is 22.6 Å². The zero-order chi connectivity index (χ0) is 19.2. The number of carbonyl (C=O) groups is 2. The largest absolute Gasteiger partial charge is 0.495 e. The molecule has 0 atom stereocenters. The van der Waals surface area contributed by atoms with Gasteiger partial charge in [-0.25, -0.2) is 0 Å². The van der Waals surface area contributed by atoms with Crippen molar-refractivity contribution < 1.29 is 19.1 Å². The number of hydrogen-bond acceptors (Lipinski definition) is 4. The normalized spacial score (nSPS) is 13.4. The first-order valence-corrected chi connectivity index (χ1v) is 9.02. The fourth-order valence-corrected chi connectivity index (χ4v) is 3.18. The van der Waals surface area contributed by atoms with Crippen molar-refractivity contribution >= 4 is 23.4 Å². The fourth-order valence-electron chi connectivity index (χ4n) is 2.90. The van der Waals surface area contributed by atoms with Crippen LogP contribution in [0.5, 0.6) is 11.5 Å². The number of amides is 2. The van der Waals surface area contributed by atoms with E-state index >= 15 is 0 Å². The Bertz CT molecular complexity index is 840. The van der Waals surface area contributed by atoms with E-state index in [2.05, 4.69) is 5.32 Å². The van der Waals surface area contributed by atoms with E-state index in [1.54, 1.807) is 30.2 Å². The molecule has 0 saturated carbocycles. The second kappa shape index (κ2) is 8.77. The predicted molar refractivity (Wildman–Crippen MR) is 102 cm³/mol. The summed E-state index contributed by atoms with van der Waals surface area (Å²) in [4.78, 5) is 26.1. The summed E-state index contributed by atoms with van der Waals surface area (Å²) in [6.07, 6.45) is 0.212. The van der Waals surface area contributed by atoms with E-state index in [0.29, 0.717) is 30.4 Å². The molecule has 3 rings (SSSR count). The highest BCUT2D eigenvalue weighted by Gasteiger charge is 2.21. The van der Waals surface area contributed by atoms with Gasteiger partial charge in [0.1, 0.15) is 11.5 Å². The number of methoxy groups -OCH3 is 1. The lowest BCUT2D eigenvalue weighted by atomic mass is 10.1. The van der Waals surface area contributed by atoms with Crippen molar-refractivity contribution in [3.8, 4) is 11.5 Å². The number of nitrogens with zero attached hydrogens (tertiary/aromatic N) is 1. The second-order valence-corrected chi connectivity index (χ2v) is 6.61. The van der Waals surface area contributed by atoms with Crippen LogP contribution < -0.4 is 14.8 Å². The molecule has 0 bridgehead atoms. The number of ether oxygens (including phenoxy) is 2. The van der Waals surface area contributed by atoms with Crippen LogP contribution in [0, 0.1) is 0 Å². The van der Waals surface area contributed by atoms with Crippen LogP contribution in [0.3, 0.4) is 0 Å². The second-order valence-electron chi connectivity index (χ2n) is 6.21. The molecule has 0 unspecified atom stereocenters. The molecule has 2 aromatic carbocycles. The number of hydrogen-bond donors (Lipinski definition) is 1. The van der Waals surface area contributed by atoms with E-state index in [0.717, 1.165) is 16.9 Å². The molecule has 0 fully saturated rings. The van der Waals surface area contributed by atoms with Crippen LogP contribution in [0.1, 0.15) is 11.1 Å². The number of carbonyl (C=O) groups excluding carboxylic acids is 2. The Morgan fingerprint density at radius 1 is 1.30 bits per heavy atom. The molecule has 2 amide bonds. The molecule has 0 aliphatic carbocycles. The highest BCUT2D eigenvalue weighted by molar-refractivity contribution is 6.32. The lowest BCUT2D eigenvalue weighted by Crippen LogP contribution is -2.39. The summed E-state index contributed by atoms with van der Waals surface area (Å²) in [5.74, 6) is 1.08. The molecule has 6 nitrogen and oxygen atoms in total. The highest BCUT2D eigenvalue weighted by Crippen LogP contribution is 2.25. The molecule has 1 heterocycles. The SMILES string of the molecule is COc1ccc(CC(=O)NCCN2Cc3ccccc3OCC2=O)cc1Cl. The van der Waals surface area contributed by atoms with Crippen molar-refractivity contribution in [1.29, 1.82) is 0 Å². The molecule has 7 heteroatoms. The van der Waals surface area contributed by atoms with E-state index in [-0.39, 0.29) is 24.8 Å². The average Bonchev–Trinajstić information content (AvgIpc) is 2.81. The van der Waals surface area contributed by atoms with E-state index in [9.17, 15) is 9.59 Å². The molecule has 0 radical (unpaired) electrons. The van der Waals surface area contributed by atoms with Gasteiger partial charge in [-0.1, -0.05) is 35.9 Å². The molecule has 1 N–H and O–H groups in total. The third-order valence-electron chi connectivity index (χ3n) is 4.32. The third-order valence-corrected chi connectivity index (χ3v) is 4.62. The minimum absolute atomic E-state index is 0.00923. The third kappa shape index (κ3) is 4.92. The van der Waals surface area contributed by atoms with Crippen LogP contribution in [0.15, 0.2) is 42.5 Å². The lowest BCUT2D eigenvalue weighted by Gasteiger charge is -2.20. The van der Waals surface area contributed by atoms with Crippen molar-refractivity contribution in [2.45, 2.75) is 13.0 Å². The summed E-state index contributed by atoms with van der Waals surface area (Å²) in [5.41, 5.74) is 1.76. The quantitative estimate of drug-likeness (QED) is 0.825. The molecule has 2 aromatic rings. The molecule has 142 valence electrons. The zero-order valence-electron chi connectivity index (χ0n) is 15.0. The van der Waals surface area contributed by atoms with Crippen LogP contribution in [0.4, 0.5) is 0 Å². The Morgan fingerprint density at radius 2 is 2.11 bits per heavy atom. The van der Waals surface area contributed by atoms with Crippen LogP contribution in [-0.4, -0.2) is 43.5 Å². The van der Waals surface area contributed by atoms with E-state index in [4.69, 9.17) is 21.1 Å². The van der Waals surface area contributed by atoms with Gasteiger partial charge < -0.3 is 19.7 Å². The number of para-hydroxylation sites is 1. The highest BCUT2D eigenvalue weighted by atomic mass is 35.5. The van der Waals surface area contributed by atoms with Crippen molar-refractivity contribution in [3.63, 3.8) is 0 Å². The van der Waals surface area contributed by atoms with E-state index in [1.807, 2.05) is 24.3 Å². The molecule has 0 saturated heterocycles. The molecule has 27 heavy (non-hydrogen) atoms. The van der Waals surface area contributed by atoms with Crippen molar-refractivity contribution in [1.82, 2.24) is 10.2 Å². The van der Waals surface area contributed by atoms with Gasteiger partial charge in [0.2, 0.25) is 5.91 Å². The van der Waals surface area contributed by atoms with Gasteiger partial charge in [0.05, 0.1) is 18.6 Å². The van der Waals surface area contributed by atoms with Gasteiger partial charge in [-0.05, 0) is 23.8 Å². The van der Waals surface area contributed by atoms with Gasteiger partial charge in [-0.2, -0.15) is 0 Å². The average molecular weight is 389 g/mol. The van der Waals surface area contributed by atoms with Gasteiger partial charge >= 0.3 is 0 Å². The number of nitrogens with one attached hydrogen (secondary N) is 1. The Hall–Kier alpha value is -2.73. The minimum atomic E-state index is -0.129. The summed E-state index contributed by atoms with van der Waals surface area (Å²) in [7, 11) is 1.54. The maximum Gasteiger partial charge on any atom is 0.260 e. The van der Waals surface area contributed by atoms with Crippen LogP contribution in [0.2, 0.25) is 5.02 Å². The first kappa shape index (κ1) is 19.0. The first-order chi connectivity index (χ1) is 13.1. The summed E-state index contributed by atoms with van der Waals surface area (Å²) >= 11 is 6.08. The van der Waals surface area contributed by atoms with Crippen molar-refractivity contribution in [2.24, 2.45) is 0 Å². The Labute approximate surface area is 163 Å². The van der Waals surface area contributed by atoms with Gasteiger partial charge in [0.15, 0.2) is 6.61 Å². The molecular formula is C20H21ClN2O4. The van der Waals surface area contributed by atoms with Crippen LogP contribution in [0.25, 0.3) is 0 Å². The maximum absolute atomic E-state index is 12.2. The topological polar surface area (TPSA) is 67.9 Å². The number of rotatable bonds is 6. The number of halogens is 1. The summed E-state index contributed by atoms with van der Waals surface area (Å²) < 4.78 is 10.6.